The van der Waals surface area contributed by atoms with Crippen LogP contribution in [0, 0.1) is 0 Å². The van der Waals surface area contributed by atoms with Gasteiger partial charge in [0, 0.05) is 7.05 Å². The molecule has 0 aromatic carbocycles. The van der Waals surface area contributed by atoms with Crippen molar-refractivity contribution >= 4 is 17.4 Å². The Labute approximate surface area is 69.2 Å². The Morgan fingerprint density at radius 2 is 2.36 bits per heavy atom. The van der Waals surface area contributed by atoms with Crippen LogP contribution < -0.4 is 0 Å². The van der Waals surface area contributed by atoms with Crippen LogP contribution in [0.5, 0.6) is 0 Å². The number of aromatic nitrogens is 3. The summed E-state index contributed by atoms with van der Waals surface area (Å²) in [5.41, 5.74) is 0. The number of aryl methyl sites for hydroxylation is 1. The van der Waals surface area contributed by atoms with Crippen LogP contribution in [0.3, 0.4) is 0 Å². The van der Waals surface area contributed by atoms with Crippen molar-refractivity contribution in [1.82, 2.24) is 14.8 Å². The molecular formula is C6H8ClN3O. The summed E-state index contributed by atoms with van der Waals surface area (Å²) in [7, 11) is 1.71. The first-order chi connectivity index (χ1) is 5.09. The first-order valence-electron chi connectivity index (χ1n) is 3.14. The molecular weight excluding hydrogens is 166 g/mol. The number of carbonyl (C=O) groups excluding carboxylic acids is 1. The quantitative estimate of drug-likeness (QED) is 0.658. The summed E-state index contributed by atoms with van der Waals surface area (Å²) in [5.74, 6) is 0.652. The Balaban J connectivity index is 2.85. The van der Waals surface area contributed by atoms with Gasteiger partial charge >= 0.3 is 0 Å². The Kier molecular flexibility index (Phi) is 2.24. The van der Waals surface area contributed by atoms with E-state index >= 15 is 0 Å². The maximum atomic E-state index is 10.7. The van der Waals surface area contributed by atoms with Crippen LogP contribution in [-0.2, 0) is 18.3 Å². The Morgan fingerprint density at radius 1 is 1.73 bits per heavy atom. The number of hydrogen-bond acceptors (Lipinski definition) is 3. The molecule has 0 atom stereocenters. The van der Waals surface area contributed by atoms with Gasteiger partial charge in [0.2, 0.25) is 5.28 Å². The fraction of sp³-hybridized carbons (Fsp3) is 0.500. The van der Waals surface area contributed by atoms with Gasteiger partial charge in [-0.3, -0.25) is 9.48 Å². The molecule has 0 radical (unpaired) electrons. The predicted octanol–water partition coefficient (Wildman–Crippen LogP) is 0.600. The van der Waals surface area contributed by atoms with E-state index < -0.39 is 0 Å². The van der Waals surface area contributed by atoms with Crippen LogP contribution in [0.1, 0.15) is 12.7 Å². The third kappa shape index (κ3) is 2.01. The number of rotatable bonds is 2. The summed E-state index contributed by atoms with van der Waals surface area (Å²) in [6.45, 7) is 1.50. The van der Waals surface area contributed by atoms with Crippen LogP contribution in [0.25, 0.3) is 0 Å². The molecule has 0 fully saturated rings. The van der Waals surface area contributed by atoms with Crippen molar-refractivity contribution in [3.05, 3.63) is 11.1 Å². The number of halogens is 1. The van der Waals surface area contributed by atoms with Gasteiger partial charge in [0.15, 0.2) is 0 Å². The molecule has 0 aliphatic heterocycles. The van der Waals surface area contributed by atoms with E-state index in [2.05, 4.69) is 10.1 Å². The van der Waals surface area contributed by atoms with Gasteiger partial charge in [0.1, 0.15) is 11.6 Å². The molecule has 1 aromatic heterocycles. The SMILES string of the molecule is CC(=O)Cc1nc(Cl)nn1C. The summed E-state index contributed by atoms with van der Waals surface area (Å²) in [6, 6.07) is 0. The molecule has 0 saturated heterocycles. The average Bonchev–Trinajstić information content (AvgIpc) is 2.09. The zero-order chi connectivity index (χ0) is 8.43. The van der Waals surface area contributed by atoms with Gasteiger partial charge in [0.05, 0.1) is 6.42 Å². The van der Waals surface area contributed by atoms with Crippen molar-refractivity contribution in [3.8, 4) is 0 Å². The van der Waals surface area contributed by atoms with E-state index in [0.717, 1.165) is 0 Å². The van der Waals surface area contributed by atoms with Crippen molar-refractivity contribution in [2.75, 3.05) is 0 Å². The van der Waals surface area contributed by atoms with Gasteiger partial charge in [-0.2, -0.15) is 0 Å². The molecule has 0 saturated carbocycles. The van der Waals surface area contributed by atoms with Gasteiger partial charge in [-0.1, -0.05) is 0 Å². The maximum Gasteiger partial charge on any atom is 0.242 e. The molecule has 0 N–H and O–H groups in total. The van der Waals surface area contributed by atoms with E-state index in [1.54, 1.807) is 7.05 Å². The van der Waals surface area contributed by atoms with Crippen molar-refractivity contribution in [3.63, 3.8) is 0 Å². The highest BCUT2D eigenvalue weighted by Crippen LogP contribution is 2.02. The molecule has 60 valence electrons. The van der Waals surface area contributed by atoms with Crippen LogP contribution in [0.4, 0.5) is 0 Å². The first kappa shape index (κ1) is 8.20. The highest BCUT2D eigenvalue weighted by molar-refractivity contribution is 6.28. The van der Waals surface area contributed by atoms with Crippen molar-refractivity contribution in [1.29, 1.82) is 0 Å². The zero-order valence-corrected chi connectivity index (χ0v) is 7.09. The van der Waals surface area contributed by atoms with Crippen molar-refractivity contribution < 1.29 is 4.79 Å². The third-order valence-corrected chi connectivity index (χ3v) is 1.39. The van der Waals surface area contributed by atoms with E-state index in [1.165, 1.54) is 11.6 Å². The van der Waals surface area contributed by atoms with Crippen LogP contribution in [-0.4, -0.2) is 20.5 Å². The second-order valence-corrected chi connectivity index (χ2v) is 2.64. The summed E-state index contributed by atoms with van der Waals surface area (Å²) < 4.78 is 1.50. The molecule has 11 heavy (non-hydrogen) atoms. The molecule has 0 aliphatic carbocycles. The van der Waals surface area contributed by atoms with E-state index in [4.69, 9.17) is 11.6 Å². The second-order valence-electron chi connectivity index (χ2n) is 2.30. The van der Waals surface area contributed by atoms with E-state index in [1.807, 2.05) is 0 Å². The molecule has 1 rings (SSSR count). The standard InChI is InChI=1S/C6H8ClN3O/c1-4(11)3-5-8-6(7)9-10(5)2/h3H2,1-2H3. The van der Waals surface area contributed by atoms with Gasteiger partial charge < -0.3 is 0 Å². The highest BCUT2D eigenvalue weighted by atomic mass is 35.5. The lowest BCUT2D eigenvalue weighted by molar-refractivity contribution is -0.116. The number of Topliss-reactive ketones (excluding diaryl/α,β-unsaturated/α-hetero) is 1. The van der Waals surface area contributed by atoms with Crippen LogP contribution in [0.2, 0.25) is 5.28 Å². The normalized spacial score (nSPS) is 10.1. The summed E-state index contributed by atoms with van der Waals surface area (Å²) in [5, 5.41) is 3.97. The zero-order valence-electron chi connectivity index (χ0n) is 6.33. The maximum absolute atomic E-state index is 10.7. The van der Waals surface area contributed by atoms with E-state index in [-0.39, 0.29) is 17.5 Å². The predicted molar refractivity (Wildman–Crippen MR) is 40.4 cm³/mol. The van der Waals surface area contributed by atoms with Gasteiger partial charge in [0.25, 0.3) is 0 Å². The van der Waals surface area contributed by atoms with Crippen molar-refractivity contribution in [2.24, 2.45) is 7.05 Å². The highest BCUT2D eigenvalue weighted by Gasteiger charge is 2.06. The molecule has 0 bridgehead atoms. The fourth-order valence-electron chi connectivity index (χ4n) is 0.759. The monoisotopic (exact) mass is 173 g/mol. The van der Waals surface area contributed by atoms with Gasteiger partial charge in [-0.05, 0) is 18.5 Å². The lowest BCUT2D eigenvalue weighted by atomic mass is 10.3. The van der Waals surface area contributed by atoms with Gasteiger partial charge in [-0.25, -0.2) is 4.98 Å². The van der Waals surface area contributed by atoms with E-state index in [9.17, 15) is 4.79 Å². The Bertz CT molecular complexity index is 281. The second kappa shape index (κ2) is 3.00. The minimum atomic E-state index is 0.0529. The third-order valence-electron chi connectivity index (χ3n) is 1.23. The average molecular weight is 174 g/mol. The number of hydrogen-bond donors (Lipinski definition) is 0. The van der Waals surface area contributed by atoms with Crippen molar-refractivity contribution in [2.45, 2.75) is 13.3 Å². The van der Waals surface area contributed by atoms with Crippen LogP contribution in [0.15, 0.2) is 0 Å². The molecule has 0 unspecified atom stereocenters. The smallest absolute Gasteiger partial charge is 0.242 e. The largest absolute Gasteiger partial charge is 0.300 e. The number of carbonyl (C=O) groups is 1. The van der Waals surface area contributed by atoms with E-state index in [0.29, 0.717) is 5.82 Å². The molecule has 0 aliphatic rings. The lowest BCUT2D eigenvalue weighted by Gasteiger charge is -1.93. The fourth-order valence-corrected chi connectivity index (χ4v) is 0.970. The summed E-state index contributed by atoms with van der Waals surface area (Å²) in [6.07, 6.45) is 0.288. The first-order valence-corrected chi connectivity index (χ1v) is 3.52. The summed E-state index contributed by atoms with van der Waals surface area (Å²) in [4.78, 5) is 14.5. The Morgan fingerprint density at radius 3 is 2.73 bits per heavy atom. The number of ketones is 1. The molecule has 1 heterocycles. The number of nitrogens with zero attached hydrogens (tertiary/aromatic N) is 3. The molecule has 0 amide bonds. The summed E-state index contributed by atoms with van der Waals surface area (Å²) >= 11 is 5.49. The van der Waals surface area contributed by atoms with Gasteiger partial charge in [-0.15, -0.1) is 5.10 Å². The minimum absolute atomic E-state index is 0.0529. The molecule has 4 nitrogen and oxygen atoms in total. The molecule has 0 spiro atoms. The Hall–Kier alpha value is -0.900. The lowest BCUT2D eigenvalue weighted by Crippen LogP contribution is -2.04. The minimum Gasteiger partial charge on any atom is -0.300 e. The molecule has 1 aromatic rings. The molecule has 5 heteroatoms. The topological polar surface area (TPSA) is 47.8 Å². The van der Waals surface area contributed by atoms with Crippen LogP contribution >= 0.6 is 11.6 Å².